The third kappa shape index (κ3) is 10.0. The van der Waals surface area contributed by atoms with E-state index in [1.165, 1.54) is 29.7 Å². The number of hydrogen-bond donors (Lipinski definition) is 1. The molecule has 2 saturated carbocycles. The number of rotatable bonds is 8. The van der Waals surface area contributed by atoms with Gasteiger partial charge in [-0.15, -0.1) is 0 Å². The predicted molar refractivity (Wildman–Crippen MR) is 242 cm³/mol. The Bertz CT molecular complexity index is 2760. The zero-order valence-corrected chi connectivity index (χ0v) is 40.4. The number of H-pyrrole nitrogens is 1. The van der Waals surface area contributed by atoms with Gasteiger partial charge >= 0.3 is 29.6 Å². The second-order valence-corrected chi connectivity index (χ2v) is 19.2. The van der Waals surface area contributed by atoms with E-state index in [0.717, 1.165) is 118 Å². The van der Waals surface area contributed by atoms with Crippen molar-refractivity contribution in [3.63, 3.8) is 0 Å². The summed E-state index contributed by atoms with van der Waals surface area (Å²) in [4.78, 5) is 28.0. The molecule has 8 heterocycles. The van der Waals surface area contributed by atoms with Crippen molar-refractivity contribution in [1.29, 1.82) is 0 Å². The molecule has 19 heteroatoms. The van der Waals surface area contributed by atoms with E-state index in [1.807, 2.05) is 49.8 Å². The van der Waals surface area contributed by atoms with Crippen LogP contribution in [0, 0.1) is 0 Å². The Balaban J connectivity index is 0.000000178. The minimum atomic E-state index is -3.83. The van der Waals surface area contributed by atoms with Crippen molar-refractivity contribution in [2.24, 2.45) is 14.1 Å². The smallest absolute Gasteiger partial charge is 0.870 e. The van der Waals surface area contributed by atoms with Crippen LogP contribution in [0.5, 0.6) is 0 Å². The molecule has 11 rings (SSSR count). The van der Waals surface area contributed by atoms with Crippen LogP contribution in [0.15, 0.2) is 84.8 Å². The van der Waals surface area contributed by atoms with Crippen LogP contribution in [0.2, 0.25) is 0 Å². The average Bonchev–Trinajstić information content (AvgIpc) is 4.16. The van der Waals surface area contributed by atoms with Crippen LogP contribution in [-0.2, 0) is 33.6 Å². The largest absolute Gasteiger partial charge is 1.00 e. The van der Waals surface area contributed by atoms with Crippen molar-refractivity contribution < 1.29 is 52.9 Å². The van der Waals surface area contributed by atoms with E-state index in [9.17, 15) is 8.42 Å². The van der Waals surface area contributed by atoms with Gasteiger partial charge in [-0.05, 0) is 63.5 Å². The average molecular weight is 913 g/mol. The Kier molecular flexibility index (Phi) is 15.0. The Morgan fingerprint density at radius 2 is 1.14 bits per heavy atom. The standard InChI is InChI=1S/C26H30N6O3S.C20H26N6O.Na.H2O/c1-30-17-20(15-28-30)23-18-32(36(33,34)22-5-3-2-4-6-22)26-25(23)29-24(16-27-26)19-7-9-21(10-8-19)31-11-13-35-14-12-31;1-25-13-15(10-23-25)17-11-21-20-19(17)24-18(12-22-20)14-2-4-16(5-3-14)26-6-8-27-9-7-26;;/h2-6,15-19,21H,7-14H2,1H3;10-14,16H,2-9H2,1H3,(H,21,22);;1H2/q;;+1;/p-1. The summed E-state index contributed by atoms with van der Waals surface area (Å²) in [6.07, 6.45) is 24.1. The summed E-state index contributed by atoms with van der Waals surface area (Å²) in [7, 11) is -0.0586. The maximum atomic E-state index is 13.5. The zero-order valence-electron chi connectivity index (χ0n) is 37.5. The van der Waals surface area contributed by atoms with Gasteiger partial charge in [0.2, 0.25) is 0 Å². The molecule has 4 aliphatic rings. The van der Waals surface area contributed by atoms with E-state index < -0.39 is 10.0 Å². The number of hydrogen-bond acceptors (Lipinski definition) is 13. The fraction of sp³-hybridized carbons (Fsp3) is 0.478. The second kappa shape index (κ2) is 20.7. The molecule has 0 atom stereocenters. The fourth-order valence-corrected chi connectivity index (χ4v) is 11.4. The molecule has 6 aromatic heterocycles. The molecule has 7 aromatic rings. The van der Waals surface area contributed by atoms with Crippen molar-refractivity contribution in [2.45, 2.75) is 80.2 Å². The van der Waals surface area contributed by atoms with E-state index >= 15 is 0 Å². The maximum Gasteiger partial charge on any atom is 1.00 e. The number of aromatic amines is 1. The van der Waals surface area contributed by atoms with Gasteiger partial charge in [0.25, 0.3) is 10.0 Å². The Morgan fingerprint density at radius 1 is 0.631 bits per heavy atom. The molecule has 0 spiro atoms. The number of morpholine rings is 2. The Labute approximate surface area is 401 Å². The summed E-state index contributed by atoms with van der Waals surface area (Å²) in [6, 6.07) is 9.74. The van der Waals surface area contributed by atoms with Crippen LogP contribution >= 0.6 is 0 Å². The first kappa shape index (κ1) is 47.1. The summed E-state index contributed by atoms with van der Waals surface area (Å²) in [5, 5.41) is 8.58. The van der Waals surface area contributed by atoms with Gasteiger partial charge in [-0.1, -0.05) is 18.2 Å². The Morgan fingerprint density at radius 3 is 1.66 bits per heavy atom. The SMILES string of the molecule is Cn1cc(-c2c[nH]c3ncc(C4CCC(N5CCOCC5)CC4)nc23)cn1.Cn1cc(-c2cn(S(=O)(=O)c3ccccc3)c3ncc(C4CCC(N5CCOCC5)CC4)nc23)cn1.[Na+].[OH-]. The first-order chi connectivity index (χ1) is 30.8. The number of aromatic nitrogens is 10. The molecule has 65 heavy (non-hydrogen) atoms. The molecule has 2 N–H and O–H groups in total. The van der Waals surface area contributed by atoms with Crippen molar-refractivity contribution in [3.8, 4) is 22.3 Å². The molecule has 0 bridgehead atoms. The molecular weight excluding hydrogens is 856 g/mol. The summed E-state index contributed by atoms with van der Waals surface area (Å²) < 4.78 is 42.8. The summed E-state index contributed by atoms with van der Waals surface area (Å²) in [5.41, 5.74) is 8.48. The van der Waals surface area contributed by atoms with Gasteiger partial charge in [0.15, 0.2) is 11.3 Å². The van der Waals surface area contributed by atoms with Gasteiger partial charge in [-0.25, -0.2) is 32.3 Å². The van der Waals surface area contributed by atoms with Crippen LogP contribution in [-0.4, -0.2) is 137 Å². The molecular formula is C46H57N12NaO5S. The Hall–Kier alpha value is -4.37. The van der Waals surface area contributed by atoms with Crippen molar-refractivity contribution in [3.05, 3.63) is 91.3 Å². The minimum absolute atomic E-state index is 0. The minimum Gasteiger partial charge on any atom is -0.870 e. The van der Waals surface area contributed by atoms with Crippen LogP contribution in [0.25, 0.3) is 44.6 Å². The van der Waals surface area contributed by atoms with E-state index in [0.29, 0.717) is 40.6 Å². The number of aryl methyl sites for hydroxylation is 2. The molecule has 0 amide bonds. The summed E-state index contributed by atoms with van der Waals surface area (Å²) in [5.74, 6) is 0.825. The van der Waals surface area contributed by atoms with E-state index in [-0.39, 0.29) is 39.9 Å². The summed E-state index contributed by atoms with van der Waals surface area (Å²) >= 11 is 0. The molecule has 0 radical (unpaired) electrons. The molecule has 4 fully saturated rings. The number of nitrogens with one attached hydrogen (secondary N) is 1. The van der Waals surface area contributed by atoms with E-state index in [2.05, 4.69) is 34.9 Å². The van der Waals surface area contributed by atoms with Gasteiger partial charge in [0.1, 0.15) is 11.0 Å². The fourth-order valence-electron chi connectivity index (χ4n) is 10.1. The quantitative estimate of drug-likeness (QED) is 0.219. The topological polar surface area (TPSA) is 197 Å². The maximum absolute atomic E-state index is 13.5. The van der Waals surface area contributed by atoms with E-state index in [1.54, 1.807) is 53.6 Å². The van der Waals surface area contributed by atoms with Gasteiger partial charge in [-0.3, -0.25) is 19.2 Å². The monoisotopic (exact) mass is 912 g/mol. The van der Waals surface area contributed by atoms with Crippen molar-refractivity contribution in [2.75, 3.05) is 52.6 Å². The molecule has 2 saturated heterocycles. The predicted octanol–water partition coefficient (Wildman–Crippen LogP) is 2.97. The second-order valence-electron chi connectivity index (χ2n) is 17.4. The van der Waals surface area contributed by atoms with Crippen LogP contribution in [0.3, 0.4) is 0 Å². The first-order valence-corrected chi connectivity index (χ1v) is 23.9. The van der Waals surface area contributed by atoms with Crippen LogP contribution < -0.4 is 29.6 Å². The zero-order chi connectivity index (χ0) is 42.9. The first-order valence-electron chi connectivity index (χ1n) is 22.4. The van der Waals surface area contributed by atoms with Gasteiger partial charge in [0.05, 0.1) is 67.5 Å². The molecule has 17 nitrogen and oxygen atoms in total. The third-order valence-corrected chi connectivity index (χ3v) is 15.2. The van der Waals surface area contributed by atoms with Crippen molar-refractivity contribution >= 4 is 32.4 Å². The van der Waals surface area contributed by atoms with Crippen LogP contribution in [0.4, 0.5) is 0 Å². The number of fused-ring (bicyclic) bond motifs is 2. The van der Waals surface area contributed by atoms with E-state index in [4.69, 9.17) is 19.4 Å². The van der Waals surface area contributed by atoms with Gasteiger partial charge < -0.3 is 19.9 Å². The molecule has 338 valence electrons. The summed E-state index contributed by atoms with van der Waals surface area (Å²) in [6.45, 7) is 7.60. The molecule has 2 aliphatic heterocycles. The van der Waals surface area contributed by atoms with Crippen molar-refractivity contribution in [1.82, 2.24) is 58.3 Å². The van der Waals surface area contributed by atoms with Crippen LogP contribution in [0.1, 0.15) is 74.6 Å². The molecule has 2 aliphatic carbocycles. The number of ether oxygens (including phenoxy) is 2. The third-order valence-electron chi connectivity index (χ3n) is 13.6. The number of benzene rings is 1. The molecule has 0 unspecified atom stereocenters. The number of nitrogens with zero attached hydrogens (tertiary/aromatic N) is 11. The molecule has 1 aromatic carbocycles. The van der Waals surface area contributed by atoms with Gasteiger partial charge in [0, 0.05) is 111 Å². The normalized spacial score (nSPS) is 22.2. The van der Waals surface area contributed by atoms with Gasteiger partial charge in [-0.2, -0.15) is 10.2 Å².